The van der Waals surface area contributed by atoms with Gasteiger partial charge in [0.1, 0.15) is 17.7 Å². The first-order valence-electron chi connectivity index (χ1n) is 11.9. The summed E-state index contributed by atoms with van der Waals surface area (Å²) in [6, 6.07) is 1.63. The van der Waals surface area contributed by atoms with Gasteiger partial charge in [-0.2, -0.15) is 12.7 Å². The van der Waals surface area contributed by atoms with Crippen molar-refractivity contribution in [2.75, 3.05) is 17.4 Å². The maximum absolute atomic E-state index is 14.4. The van der Waals surface area contributed by atoms with Crippen LogP contribution in [0.3, 0.4) is 0 Å². The number of rotatable bonds is 5. The second-order valence-electron chi connectivity index (χ2n) is 10.5. The van der Waals surface area contributed by atoms with Crippen LogP contribution in [0.4, 0.5) is 14.5 Å². The molecule has 8 nitrogen and oxygen atoms in total. The third kappa shape index (κ3) is 3.67. The van der Waals surface area contributed by atoms with Crippen molar-refractivity contribution in [3.8, 4) is 0 Å². The molecule has 4 saturated carbocycles. The van der Waals surface area contributed by atoms with Crippen molar-refractivity contribution >= 4 is 27.7 Å². The molecule has 1 aromatic carbocycles. The molecule has 3 unspecified atom stereocenters. The molecule has 0 spiro atoms. The van der Waals surface area contributed by atoms with Gasteiger partial charge in [0.25, 0.3) is 0 Å². The molecule has 3 N–H and O–H groups in total. The van der Waals surface area contributed by atoms with Crippen molar-refractivity contribution in [1.29, 1.82) is 0 Å². The third-order valence-electron chi connectivity index (χ3n) is 8.41. The number of carbonyl (C=O) groups excluding carboxylic acids is 2. The topological polar surface area (TPSA) is 113 Å². The first-order valence-corrected chi connectivity index (χ1v) is 13.3. The van der Waals surface area contributed by atoms with E-state index in [2.05, 4.69) is 5.32 Å². The first-order chi connectivity index (χ1) is 16.0. The minimum atomic E-state index is -4.20. The Labute approximate surface area is 198 Å². The van der Waals surface area contributed by atoms with Gasteiger partial charge in [-0.25, -0.2) is 8.78 Å². The van der Waals surface area contributed by atoms with Crippen LogP contribution in [-0.2, 0) is 19.8 Å². The molecule has 1 heterocycles. The molecular weight excluding hydrogens is 466 g/mol. The Morgan fingerprint density at radius 1 is 1.15 bits per heavy atom. The van der Waals surface area contributed by atoms with Gasteiger partial charge in [-0.05, 0) is 75.3 Å². The van der Waals surface area contributed by atoms with Crippen LogP contribution in [0.15, 0.2) is 18.2 Å². The summed E-state index contributed by atoms with van der Waals surface area (Å²) in [5, 5.41) is 3.09. The van der Waals surface area contributed by atoms with Crippen LogP contribution in [0.25, 0.3) is 0 Å². The molecule has 6 rings (SSSR count). The minimum Gasteiger partial charge on any atom is -0.369 e. The van der Waals surface area contributed by atoms with E-state index in [1.54, 1.807) is 0 Å². The highest BCUT2D eigenvalue weighted by molar-refractivity contribution is 7.90. The molecule has 4 aliphatic carbocycles. The van der Waals surface area contributed by atoms with E-state index in [9.17, 15) is 26.8 Å². The van der Waals surface area contributed by atoms with Crippen molar-refractivity contribution in [3.63, 3.8) is 0 Å². The number of hydrogen-bond acceptors (Lipinski definition) is 4. The number of nitrogens with one attached hydrogen (secondary N) is 1. The lowest BCUT2D eigenvalue weighted by atomic mass is 9.47. The van der Waals surface area contributed by atoms with Crippen LogP contribution in [0.5, 0.6) is 0 Å². The lowest BCUT2D eigenvalue weighted by molar-refractivity contribution is -0.147. The van der Waals surface area contributed by atoms with Gasteiger partial charge in [0.15, 0.2) is 0 Å². The molecule has 5 fully saturated rings. The Bertz CT molecular complexity index is 1110. The van der Waals surface area contributed by atoms with Gasteiger partial charge >= 0.3 is 10.2 Å². The quantitative estimate of drug-likeness (QED) is 0.648. The predicted octanol–water partition coefficient (Wildman–Crippen LogP) is 1.91. The number of primary amides is 1. The zero-order valence-corrected chi connectivity index (χ0v) is 19.9. The van der Waals surface area contributed by atoms with Gasteiger partial charge in [-0.15, -0.1) is 0 Å². The maximum atomic E-state index is 14.4. The molecule has 1 saturated heterocycles. The number of amides is 2. The third-order valence-corrected chi connectivity index (χ3v) is 10.4. The van der Waals surface area contributed by atoms with Crippen molar-refractivity contribution in [2.45, 2.75) is 57.5 Å². The van der Waals surface area contributed by atoms with E-state index in [1.807, 2.05) is 0 Å². The highest BCUT2D eigenvalue weighted by Gasteiger charge is 2.58. The smallest absolute Gasteiger partial charge is 0.304 e. The average Bonchev–Trinajstić information content (AvgIpc) is 2.75. The van der Waals surface area contributed by atoms with Gasteiger partial charge in [-0.1, -0.05) is 0 Å². The van der Waals surface area contributed by atoms with Gasteiger partial charge in [-0.3, -0.25) is 13.9 Å². The molecule has 1 aliphatic heterocycles. The van der Waals surface area contributed by atoms with E-state index in [-0.39, 0.29) is 42.6 Å². The summed E-state index contributed by atoms with van der Waals surface area (Å²) in [5.74, 6) is -1.69. The molecule has 34 heavy (non-hydrogen) atoms. The van der Waals surface area contributed by atoms with Crippen LogP contribution >= 0.6 is 0 Å². The summed E-state index contributed by atoms with van der Waals surface area (Å²) in [6.07, 6.45) is 4.41. The summed E-state index contributed by atoms with van der Waals surface area (Å²) in [7, 11) is -4.20. The maximum Gasteiger partial charge on any atom is 0.304 e. The molecule has 186 valence electrons. The molecule has 2 amide bonds. The Morgan fingerprint density at radius 3 is 2.44 bits per heavy atom. The first kappa shape index (κ1) is 23.5. The van der Waals surface area contributed by atoms with Crippen molar-refractivity contribution in [2.24, 2.45) is 28.9 Å². The molecule has 5 aliphatic rings. The second kappa shape index (κ2) is 8.15. The zero-order valence-electron chi connectivity index (χ0n) is 19.0. The fourth-order valence-corrected chi connectivity index (χ4v) is 8.89. The van der Waals surface area contributed by atoms with E-state index in [0.29, 0.717) is 31.2 Å². The molecule has 3 atom stereocenters. The molecule has 4 bridgehead atoms. The van der Waals surface area contributed by atoms with E-state index in [0.717, 1.165) is 40.0 Å². The van der Waals surface area contributed by atoms with E-state index < -0.39 is 39.2 Å². The SMILES string of the molecule is CC(C(=O)NC1C2CC3CC1CC(C(N)=O)(C3)C2)N1CCCN(c2ccc(F)cc2F)S1(=O)=O. The minimum absolute atomic E-state index is 0.0408. The number of nitrogens with two attached hydrogens (primary N) is 1. The van der Waals surface area contributed by atoms with Crippen LogP contribution in [0.2, 0.25) is 0 Å². The lowest BCUT2D eigenvalue weighted by Gasteiger charge is -2.59. The second-order valence-corrected chi connectivity index (χ2v) is 12.3. The van der Waals surface area contributed by atoms with Gasteiger partial charge in [0.05, 0.1) is 5.69 Å². The highest BCUT2D eigenvalue weighted by atomic mass is 32.2. The fourth-order valence-electron chi connectivity index (χ4n) is 7.03. The number of carbonyl (C=O) groups is 2. The summed E-state index contributed by atoms with van der Waals surface area (Å²) < 4.78 is 56.3. The van der Waals surface area contributed by atoms with Gasteiger partial charge in [0.2, 0.25) is 11.8 Å². The number of benzene rings is 1. The summed E-state index contributed by atoms with van der Waals surface area (Å²) >= 11 is 0. The van der Waals surface area contributed by atoms with Crippen molar-refractivity contribution in [1.82, 2.24) is 9.62 Å². The lowest BCUT2D eigenvalue weighted by Crippen LogP contribution is -2.64. The summed E-state index contributed by atoms with van der Waals surface area (Å²) in [6.45, 7) is 1.69. The Hall–Kier alpha value is -2.27. The number of nitrogens with zero attached hydrogens (tertiary/aromatic N) is 2. The molecule has 11 heteroatoms. The van der Waals surface area contributed by atoms with E-state index in [4.69, 9.17) is 5.73 Å². The number of halogens is 2. The van der Waals surface area contributed by atoms with Crippen LogP contribution in [0, 0.1) is 34.8 Å². The normalized spacial score (nSPS) is 35.2. The van der Waals surface area contributed by atoms with Crippen LogP contribution < -0.4 is 15.4 Å². The Kier molecular flexibility index (Phi) is 5.63. The standard InChI is InChI=1S/C23H30F2N4O4S/c1-13(28-5-2-6-29(34(28,32)33)19-4-3-17(24)9-18(19)25)21(30)27-20-15-7-14-8-16(20)12-23(10-14,11-15)22(26)31/h3-4,9,13-16,20H,2,5-8,10-12H2,1H3,(H2,26,31)(H,27,30). The van der Waals surface area contributed by atoms with Crippen LogP contribution in [-0.4, -0.2) is 49.7 Å². The zero-order chi connectivity index (χ0) is 24.4. The average molecular weight is 497 g/mol. The fraction of sp³-hybridized carbons (Fsp3) is 0.652. The van der Waals surface area contributed by atoms with Crippen molar-refractivity contribution in [3.05, 3.63) is 29.8 Å². The summed E-state index contributed by atoms with van der Waals surface area (Å²) in [5.41, 5.74) is 5.03. The van der Waals surface area contributed by atoms with Crippen molar-refractivity contribution < 1.29 is 26.8 Å². The largest absolute Gasteiger partial charge is 0.369 e. The highest BCUT2D eigenvalue weighted by Crippen LogP contribution is 2.59. The number of hydrogen-bond donors (Lipinski definition) is 2. The monoisotopic (exact) mass is 496 g/mol. The molecule has 0 radical (unpaired) electrons. The molecule has 0 aromatic heterocycles. The van der Waals surface area contributed by atoms with E-state index >= 15 is 0 Å². The molecule has 1 aromatic rings. The predicted molar refractivity (Wildman–Crippen MR) is 121 cm³/mol. The van der Waals surface area contributed by atoms with E-state index in [1.165, 1.54) is 6.92 Å². The van der Waals surface area contributed by atoms with Crippen LogP contribution in [0.1, 0.15) is 45.4 Å². The van der Waals surface area contributed by atoms with Gasteiger partial charge in [0, 0.05) is 30.6 Å². The Balaban J connectivity index is 1.32. The number of anilines is 1. The summed E-state index contributed by atoms with van der Waals surface area (Å²) in [4.78, 5) is 25.4. The van der Waals surface area contributed by atoms with Gasteiger partial charge < -0.3 is 11.1 Å². The molecular formula is C23H30F2N4O4S. The Morgan fingerprint density at radius 2 is 1.82 bits per heavy atom.